The molecule has 1 aliphatic heterocycles. The van der Waals surface area contributed by atoms with Crippen LogP contribution in [0.15, 0.2) is 60.7 Å². The minimum Gasteiger partial charge on any atom is -0.410 e. The Morgan fingerprint density at radius 3 is 2.25 bits per heavy atom. The molecule has 7 nitrogen and oxygen atoms in total. The van der Waals surface area contributed by atoms with E-state index in [2.05, 4.69) is 5.32 Å². The van der Waals surface area contributed by atoms with Crippen LogP contribution in [-0.2, 0) is 16.0 Å². The number of carbonyl (C=O) groups is 3. The monoisotopic (exact) mass is 381 g/mol. The van der Waals surface area contributed by atoms with Crippen molar-refractivity contribution in [1.29, 1.82) is 0 Å². The Kier molecular flexibility index (Phi) is 5.63. The lowest BCUT2D eigenvalue weighted by molar-refractivity contribution is -0.142. The molecule has 0 unspecified atom stereocenters. The number of rotatable bonds is 6. The molecule has 1 fully saturated rings. The maximum atomic E-state index is 13.1. The Bertz CT molecular complexity index is 856. The molecule has 0 aliphatic carbocycles. The molecule has 0 bridgehead atoms. The molecule has 0 aromatic heterocycles. The van der Waals surface area contributed by atoms with E-state index in [9.17, 15) is 14.4 Å². The van der Waals surface area contributed by atoms with Crippen molar-refractivity contribution in [2.45, 2.75) is 31.3 Å². The largest absolute Gasteiger partial charge is 0.416 e. The summed E-state index contributed by atoms with van der Waals surface area (Å²) in [6, 6.07) is 17.3. The molecule has 3 N–H and O–H groups in total. The molecule has 2 atom stereocenters. The lowest BCUT2D eigenvalue weighted by atomic mass is 9.78. The number of likely N-dealkylation sites (tertiary alicyclic amines) is 1. The van der Waals surface area contributed by atoms with E-state index in [0.717, 1.165) is 5.56 Å². The van der Waals surface area contributed by atoms with E-state index < -0.39 is 29.5 Å². The topological polar surface area (TPSA) is 102 Å². The number of hydrogen-bond donors (Lipinski definition) is 2. The van der Waals surface area contributed by atoms with E-state index in [4.69, 9.17) is 10.5 Å². The van der Waals surface area contributed by atoms with Gasteiger partial charge in [-0.2, -0.15) is 0 Å². The van der Waals surface area contributed by atoms with Crippen LogP contribution in [0.3, 0.4) is 0 Å². The van der Waals surface area contributed by atoms with Gasteiger partial charge in [-0.3, -0.25) is 14.5 Å². The van der Waals surface area contributed by atoms with Gasteiger partial charge in [0.25, 0.3) is 0 Å². The van der Waals surface area contributed by atoms with Crippen LogP contribution in [0.4, 0.5) is 4.79 Å². The van der Waals surface area contributed by atoms with E-state index in [1.165, 1.54) is 11.8 Å². The van der Waals surface area contributed by atoms with Gasteiger partial charge in [0.15, 0.2) is 0 Å². The van der Waals surface area contributed by atoms with Crippen LogP contribution >= 0.6 is 0 Å². The molecule has 1 saturated heterocycles. The molecule has 1 heterocycles. The van der Waals surface area contributed by atoms with E-state index in [-0.39, 0.29) is 0 Å². The molecular weight excluding hydrogens is 358 g/mol. The highest BCUT2D eigenvalue weighted by Crippen LogP contribution is 2.35. The smallest absolute Gasteiger partial charge is 0.410 e. The third-order valence-corrected chi connectivity index (χ3v) is 4.97. The summed E-state index contributed by atoms with van der Waals surface area (Å²) in [7, 11) is 0. The number of benzene rings is 2. The van der Waals surface area contributed by atoms with Crippen molar-refractivity contribution in [3.05, 3.63) is 66.2 Å². The number of para-hydroxylation sites is 1. The molecule has 7 heteroatoms. The van der Waals surface area contributed by atoms with Crippen LogP contribution in [0.1, 0.15) is 18.9 Å². The fourth-order valence-electron chi connectivity index (χ4n) is 3.24. The summed E-state index contributed by atoms with van der Waals surface area (Å²) >= 11 is 0. The van der Waals surface area contributed by atoms with E-state index >= 15 is 0 Å². The summed E-state index contributed by atoms with van der Waals surface area (Å²) in [4.78, 5) is 38.6. The minimum atomic E-state index is -1.13. The van der Waals surface area contributed by atoms with Crippen molar-refractivity contribution < 1.29 is 19.1 Å². The molecule has 0 radical (unpaired) electrons. The molecule has 2 aromatic carbocycles. The highest BCUT2D eigenvalue weighted by Gasteiger charge is 2.54. The second-order valence-electron chi connectivity index (χ2n) is 6.87. The Morgan fingerprint density at radius 1 is 1.11 bits per heavy atom. The minimum absolute atomic E-state index is 0.315. The Morgan fingerprint density at radius 2 is 1.71 bits per heavy atom. The zero-order chi connectivity index (χ0) is 20.1. The molecule has 2 aromatic rings. The van der Waals surface area contributed by atoms with Crippen LogP contribution in [0.2, 0.25) is 0 Å². The van der Waals surface area contributed by atoms with Gasteiger partial charge in [-0.1, -0.05) is 48.5 Å². The summed E-state index contributed by atoms with van der Waals surface area (Å²) in [5, 5.41) is 2.63. The summed E-state index contributed by atoms with van der Waals surface area (Å²) < 4.78 is 5.43. The number of carbonyl (C=O) groups excluding carboxylic acids is 3. The zero-order valence-electron chi connectivity index (χ0n) is 15.6. The zero-order valence-corrected chi connectivity index (χ0v) is 15.6. The SMILES string of the molecule is C[C@H](NC(=O)[C@]1(Cc2ccccc2)CCN1C(=O)Oc1ccccc1)C(N)=O. The Labute approximate surface area is 163 Å². The molecule has 0 saturated carbocycles. The normalized spacial score (nSPS) is 19.2. The number of ether oxygens (including phenoxy) is 1. The van der Waals surface area contributed by atoms with Crippen LogP contribution < -0.4 is 15.8 Å². The first-order valence-corrected chi connectivity index (χ1v) is 9.11. The summed E-state index contributed by atoms with van der Waals surface area (Å²) in [5.41, 5.74) is 5.05. The van der Waals surface area contributed by atoms with Gasteiger partial charge in [-0.15, -0.1) is 0 Å². The average molecular weight is 381 g/mol. The predicted molar refractivity (Wildman–Crippen MR) is 103 cm³/mol. The lowest BCUT2D eigenvalue weighted by Crippen LogP contribution is -2.71. The highest BCUT2D eigenvalue weighted by molar-refractivity contribution is 5.95. The van der Waals surface area contributed by atoms with Crippen molar-refractivity contribution >= 4 is 17.9 Å². The second-order valence-corrected chi connectivity index (χ2v) is 6.87. The molecule has 3 rings (SSSR count). The summed E-state index contributed by atoms with van der Waals surface area (Å²) in [5.74, 6) is -0.654. The van der Waals surface area contributed by atoms with Crippen molar-refractivity contribution in [1.82, 2.24) is 10.2 Å². The van der Waals surface area contributed by atoms with Crippen molar-refractivity contribution in [3.8, 4) is 5.75 Å². The van der Waals surface area contributed by atoms with Gasteiger partial charge >= 0.3 is 6.09 Å². The molecule has 28 heavy (non-hydrogen) atoms. The first kappa shape index (κ1) is 19.4. The van der Waals surface area contributed by atoms with Gasteiger partial charge in [0.05, 0.1) is 0 Å². The molecule has 1 aliphatic rings. The number of nitrogens with two attached hydrogens (primary N) is 1. The standard InChI is InChI=1S/C21H23N3O4/c1-15(18(22)25)23-19(26)21(14-16-8-4-2-5-9-16)12-13-24(21)20(27)28-17-10-6-3-7-11-17/h2-11,15H,12-14H2,1H3,(H2,22,25)(H,23,26)/t15-,21+/m0/s1. The number of amides is 3. The number of hydrogen-bond acceptors (Lipinski definition) is 4. The van der Waals surface area contributed by atoms with Crippen LogP contribution in [0.5, 0.6) is 5.75 Å². The first-order valence-electron chi connectivity index (χ1n) is 9.11. The second kappa shape index (κ2) is 8.12. The van der Waals surface area contributed by atoms with Crippen LogP contribution in [0, 0.1) is 0 Å². The van der Waals surface area contributed by atoms with Crippen molar-refractivity contribution in [2.75, 3.05) is 6.54 Å². The van der Waals surface area contributed by atoms with Crippen molar-refractivity contribution in [2.24, 2.45) is 5.73 Å². The lowest BCUT2D eigenvalue weighted by Gasteiger charge is -2.50. The number of primary amides is 1. The Hall–Kier alpha value is -3.35. The van der Waals surface area contributed by atoms with Gasteiger partial charge in [0.1, 0.15) is 17.3 Å². The molecule has 0 spiro atoms. The van der Waals surface area contributed by atoms with Crippen LogP contribution in [-0.4, -0.2) is 40.9 Å². The van der Waals surface area contributed by atoms with E-state index in [0.29, 0.717) is 25.1 Å². The van der Waals surface area contributed by atoms with Crippen LogP contribution in [0.25, 0.3) is 0 Å². The van der Waals surface area contributed by atoms with E-state index in [1.54, 1.807) is 24.3 Å². The summed E-state index contributed by atoms with van der Waals surface area (Å²) in [6.45, 7) is 1.90. The van der Waals surface area contributed by atoms with Gasteiger partial charge in [-0.25, -0.2) is 4.79 Å². The van der Waals surface area contributed by atoms with Crippen molar-refractivity contribution in [3.63, 3.8) is 0 Å². The molecule has 146 valence electrons. The maximum absolute atomic E-state index is 13.1. The third kappa shape index (κ3) is 3.98. The summed E-state index contributed by atoms with van der Waals surface area (Å²) in [6.07, 6.45) is 0.174. The first-order chi connectivity index (χ1) is 13.4. The fraction of sp³-hybridized carbons (Fsp3) is 0.286. The predicted octanol–water partition coefficient (Wildman–Crippen LogP) is 1.86. The average Bonchev–Trinajstić information content (AvgIpc) is 2.66. The van der Waals surface area contributed by atoms with Gasteiger partial charge in [0.2, 0.25) is 11.8 Å². The van der Waals surface area contributed by atoms with E-state index in [1.807, 2.05) is 36.4 Å². The molecule has 3 amide bonds. The van der Waals surface area contributed by atoms with Gasteiger partial charge in [-0.05, 0) is 31.0 Å². The highest BCUT2D eigenvalue weighted by atomic mass is 16.6. The maximum Gasteiger partial charge on any atom is 0.416 e. The van der Waals surface area contributed by atoms with Gasteiger partial charge in [0, 0.05) is 13.0 Å². The van der Waals surface area contributed by atoms with Gasteiger partial charge < -0.3 is 15.8 Å². The number of nitrogens with one attached hydrogen (secondary N) is 1. The fourth-order valence-corrected chi connectivity index (χ4v) is 3.24. The quantitative estimate of drug-likeness (QED) is 0.797. The third-order valence-electron chi connectivity index (χ3n) is 4.97. The molecular formula is C21H23N3O4. The Balaban J connectivity index is 1.84. The number of nitrogens with zero attached hydrogens (tertiary/aromatic N) is 1.